The van der Waals surface area contributed by atoms with Gasteiger partial charge in [-0.3, -0.25) is 14.7 Å². The summed E-state index contributed by atoms with van der Waals surface area (Å²) in [6.45, 7) is 7.46. The number of nitrogens with zero attached hydrogens (tertiary/aromatic N) is 2. The second kappa shape index (κ2) is 13.9. The van der Waals surface area contributed by atoms with Gasteiger partial charge in [-0.2, -0.15) is 0 Å². The maximum absolute atomic E-state index is 11.9. The lowest BCUT2D eigenvalue weighted by atomic mass is 9.85. The quantitative estimate of drug-likeness (QED) is 0.189. The molecule has 3 rings (SSSR count). The van der Waals surface area contributed by atoms with Gasteiger partial charge in [-0.05, 0) is 51.1 Å². The van der Waals surface area contributed by atoms with E-state index in [1.807, 2.05) is 0 Å². The summed E-state index contributed by atoms with van der Waals surface area (Å²) in [5.74, 6) is 1.38. The van der Waals surface area contributed by atoms with E-state index >= 15 is 0 Å². The Balaban J connectivity index is 0.00000320. The predicted molar refractivity (Wildman–Crippen MR) is 134 cm³/mol. The number of carbonyl (C=O) groups is 1. The Kier molecular flexibility index (Phi) is 11.5. The van der Waals surface area contributed by atoms with E-state index in [9.17, 15) is 4.79 Å². The number of guanidine groups is 1. The van der Waals surface area contributed by atoms with Crippen LogP contribution in [0.25, 0.3) is 0 Å². The Morgan fingerprint density at radius 1 is 1.07 bits per heavy atom. The van der Waals surface area contributed by atoms with Crippen molar-refractivity contribution in [3.8, 4) is 0 Å². The van der Waals surface area contributed by atoms with Crippen molar-refractivity contribution in [1.82, 2.24) is 20.9 Å². The Morgan fingerprint density at radius 2 is 1.83 bits per heavy atom. The van der Waals surface area contributed by atoms with Crippen LogP contribution in [0.3, 0.4) is 0 Å². The van der Waals surface area contributed by atoms with Crippen molar-refractivity contribution in [2.75, 3.05) is 32.7 Å². The number of aliphatic imine (C=N–C) groups is 1. The standard InChI is InChI=1S/C23H37N5O.HI/c1-2-24-23(26-15-8-14-25-22(29)20-11-6-12-20)27-17-21-13-7-16-28(21)18-19-9-4-3-5-10-19;/h3-5,9-10,20-21H,2,6-8,11-18H2,1H3,(H,25,29)(H2,24,26,27);1H. The molecular formula is C23H38IN5O. The molecule has 3 N–H and O–H groups in total. The summed E-state index contributed by atoms with van der Waals surface area (Å²) >= 11 is 0. The lowest BCUT2D eigenvalue weighted by Gasteiger charge is -2.24. The number of nitrogens with one attached hydrogen (secondary N) is 3. The summed E-state index contributed by atoms with van der Waals surface area (Å²) in [7, 11) is 0. The molecule has 1 amide bonds. The van der Waals surface area contributed by atoms with Crippen LogP contribution in [0.1, 0.15) is 51.0 Å². The van der Waals surface area contributed by atoms with Gasteiger partial charge in [-0.15, -0.1) is 24.0 Å². The Morgan fingerprint density at radius 3 is 2.53 bits per heavy atom. The van der Waals surface area contributed by atoms with Gasteiger partial charge in [0, 0.05) is 38.1 Å². The molecular weight excluding hydrogens is 489 g/mol. The predicted octanol–water partition coefficient (Wildman–Crippen LogP) is 3.13. The van der Waals surface area contributed by atoms with E-state index in [-0.39, 0.29) is 35.8 Å². The molecule has 0 spiro atoms. The van der Waals surface area contributed by atoms with Gasteiger partial charge in [-0.1, -0.05) is 36.8 Å². The first-order chi connectivity index (χ1) is 14.3. The highest BCUT2D eigenvalue weighted by Gasteiger charge is 2.25. The first-order valence-corrected chi connectivity index (χ1v) is 11.3. The molecule has 0 aromatic heterocycles. The van der Waals surface area contributed by atoms with Crippen molar-refractivity contribution < 1.29 is 4.79 Å². The van der Waals surface area contributed by atoms with Gasteiger partial charge in [0.25, 0.3) is 0 Å². The third-order valence-electron chi connectivity index (χ3n) is 5.95. The van der Waals surface area contributed by atoms with E-state index in [2.05, 4.69) is 58.1 Å². The zero-order chi connectivity index (χ0) is 20.3. The first kappa shape index (κ1) is 24.9. The molecule has 0 bridgehead atoms. The fourth-order valence-corrected chi connectivity index (χ4v) is 3.99. The fourth-order valence-electron chi connectivity index (χ4n) is 3.99. The number of hydrogen-bond acceptors (Lipinski definition) is 3. The molecule has 1 heterocycles. The van der Waals surface area contributed by atoms with Gasteiger partial charge in [0.2, 0.25) is 5.91 Å². The second-order valence-electron chi connectivity index (χ2n) is 8.17. The number of halogens is 1. The highest BCUT2D eigenvalue weighted by atomic mass is 127. The summed E-state index contributed by atoms with van der Waals surface area (Å²) in [6, 6.07) is 11.2. The van der Waals surface area contributed by atoms with Gasteiger partial charge < -0.3 is 16.0 Å². The maximum atomic E-state index is 11.9. The molecule has 6 nitrogen and oxygen atoms in total. The molecule has 1 saturated heterocycles. The summed E-state index contributed by atoms with van der Waals surface area (Å²) in [5, 5.41) is 9.80. The molecule has 2 aliphatic rings. The summed E-state index contributed by atoms with van der Waals surface area (Å²) in [4.78, 5) is 19.3. The van der Waals surface area contributed by atoms with Gasteiger partial charge in [0.05, 0.1) is 6.54 Å². The van der Waals surface area contributed by atoms with E-state index < -0.39 is 0 Å². The summed E-state index contributed by atoms with van der Waals surface area (Å²) < 4.78 is 0. The number of rotatable bonds is 10. The van der Waals surface area contributed by atoms with Crippen molar-refractivity contribution in [1.29, 1.82) is 0 Å². The smallest absolute Gasteiger partial charge is 0.223 e. The fraction of sp³-hybridized carbons (Fsp3) is 0.652. The van der Waals surface area contributed by atoms with Crippen molar-refractivity contribution in [3.05, 3.63) is 35.9 Å². The van der Waals surface area contributed by atoms with Gasteiger partial charge >= 0.3 is 0 Å². The molecule has 0 radical (unpaired) electrons. The van der Waals surface area contributed by atoms with Crippen LogP contribution < -0.4 is 16.0 Å². The third-order valence-corrected chi connectivity index (χ3v) is 5.95. The molecule has 1 aromatic rings. The van der Waals surface area contributed by atoms with E-state index in [0.717, 1.165) is 64.5 Å². The van der Waals surface area contributed by atoms with Crippen molar-refractivity contribution in [3.63, 3.8) is 0 Å². The number of likely N-dealkylation sites (tertiary alicyclic amines) is 1. The second-order valence-corrected chi connectivity index (χ2v) is 8.17. The Labute approximate surface area is 198 Å². The average molecular weight is 527 g/mol. The average Bonchev–Trinajstić information content (AvgIpc) is 3.12. The monoisotopic (exact) mass is 527 g/mol. The first-order valence-electron chi connectivity index (χ1n) is 11.3. The highest BCUT2D eigenvalue weighted by molar-refractivity contribution is 14.0. The minimum absolute atomic E-state index is 0. The zero-order valence-electron chi connectivity index (χ0n) is 18.2. The van der Waals surface area contributed by atoms with Crippen molar-refractivity contribution in [2.45, 2.75) is 58.0 Å². The Hall–Kier alpha value is -1.35. The number of hydrogen-bond donors (Lipinski definition) is 3. The number of carbonyl (C=O) groups excluding carboxylic acids is 1. The minimum Gasteiger partial charge on any atom is -0.357 e. The highest BCUT2D eigenvalue weighted by Crippen LogP contribution is 2.26. The summed E-state index contributed by atoms with van der Waals surface area (Å²) in [6.07, 6.45) is 6.69. The molecule has 7 heteroatoms. The third kappa shape index (κ3) is 8.06. The largest absolute Gasteiger partial charge is 0.357 e. The van der Waals surface area contributed by atoms with Crippen LogP contribution in [-0.2, 0) is 11.3 Å². The van der Waals surface area contributed by atoms with E-state index in [4.69, 9.17) is 4.99 Å². The van der Waals surface area contributed by atoms with Crippen LogP contribution in [0.5, 0.6) is 0 Å². The molecule has 2 fully saturated rings. The molecule has 1 atom stereocenters. The number of amides is 1. The lowest BCUT2D eigenvalue weighted by molar-refractivity contribution is -0.127. The molecule has 1 aromatic carbocycles. The Bertz CT molecular complexity index is 650. The van der Waals surface area contributed by atoms with Gasteiger partial charge in [-0.25, -0.2) is 0 Å². The SMILES string of the molecule is CCNC(=NCC1CCCN1Cc1ccccc1)NCCCNC(=O)C1CCC1.I. The molecule has 1 unspecified atom stereocenters. The minimum atomic E-state index is 0. The van der Waals surface area contributed by atoms with Gasteiger partial charge in [0.15, 0.2) is 5.96 Å². The summed E-state index contributed by atoms with van der Waals surface area (Å²) in [5.41, 5.74) is 1.37. The van der Waals surface area contributed by atoms with Crippen molar-refractivity contribution >= 4 is 35.8 Å². The van der Waals surface area contributed by atoms with Crippen molar-refractivity contribution in [2.24, 2.45) is 10.9 Å². The van der Waals surface area contributed by atoms with Crippen LogP contribution in [0.2, 0.25) is 0 Å². The van der Waals surface area contributed by atoms with Crippen LogP contribution in [0, 0.1) is 5.92 Å². The maximum Gasteiger partial charge on any atom is 0.223 e. The molecule has 1 aliphatic heterocycles. The molecule has 1 saturated carbocycles. The van der Waals surface area contributed by atoms with Gasteiger partial charge in [0.1, 0.15) is 0 Å². The van der Waals surface area contributed by atoms with E-state index in [1.54, 1.807) is 0 Å². The van der Waals surface area contributed by atoms with E-state index in [0.29, 0.717) is 6.04 Å². The van der Waals surface area contributed by atoms with E-state index in [1.165, 1.54) is 24.8 Å². The van der Waals surface area contributed by atoms with Crippen LogP contribution >= 0.6 is 24.0 Å². The zero-order valence-corrected chi connectivity index (χ0v) is 20.6. The molecule has 30 heavy (non-hydrogen) atoms. The molecule has 168 valence electrons. The molecule has 1 aliphatic carbocycles. The van der Waals surface area contributed by atoms with Crippen LogP contribution in [-0.4, -0.2) is 55.5 Å². The topological polar surface area (TPSA) is 68.8 Å². The lowest BCUT2D eigenvalue weighted by Crippen LogP contribution is -2.41. The number of benzene rings is 1. The normalized spacial score (nSPS) is 19.6. The van der Waals surface area contributed by atoms with Crippen LogP contribution in [0.4, 0.5) is 0 Å². The van der Waals surface area contributed by atoms with Crippen LogP contribution in [0.15, 0.2) is 35.3 Å².